The second kappa shape index (κ2) is 5.66. The van der Waals surface area contributed by atoms with E-state index in [0.717, 1.165) is 36.6 Å². The van der Waals surface area contributed by atoms with Gasteiger partial charge in [0.15, 0.2) is 5.82 Å². The Hall–Kier alpha value is -2.19. The average Bonchev–Trinajstić information content (AvgIpc) is 2.89. The molecule has 0 radical (unpaired) electrons. The molecule has 1 fully saturated rings. The number of nitrogens with one attached hydrogen (secondary N) is 1. The summed E-state index contributed by atoms with van der Waals surface area (Å²) in [6, 6.07) is 10.0. The van der Waals surface area contributed by atoms with Crippen LogP contribution < -0.4 is 10.6 Å². The number of anilines is 2. The van der Waals surface area contributed by atoms with Crippen molar-refractivity contribution in [1.29, 1.82) is 5.26 Å². The van der Waals surface area contributed by atoms with Gasteiger partial charge in [0.25, 0.3) is 0 Å². The first-order valence-electron chi connectivity index (χ1n) is 6.93. The predicted octanol–water partition coefficient (Wildman–Crippen LogP) is 2.90. The summed E-state index contributed by atoms with van der Waals surface area (Å²) in [4.78, 5) is 2.33. The molecule has 3 N–H and O–H groups in total. The number of aromatic nitrogens is 2. The Labute approximate surface area is 128 Å². The number of nitrogens with zero attached hydrogens (tertiary/aromatic N) is 3. The number of nitrogen functional groups attached to an aromatic ring is 1. The zero-order chi connectivity index (χ0) is 14.8. The Morgan fingerprint density at radius 3 is 2.57 bits per heavy atom. The maximum absolute atomic E-state index is 9.16. The number of piperidine rings is 1. The molecule has 3 rings (SSSR count). The summed E-state index contributed by atoms with van der Waals surface area (Å²) in [5, 5.41) is 16.8. The SMILES string of the molecule is N#Cc1c(N)n[nH]c1C1CCN(c2ccc(Cl)cc2)CC1. The quantitative estimate of drug-likeness (QED) is 0.893. The summed E-state index contributed by atoms with van der Waals surface area (Å²) < 4.78 is 0. The highest BCUT2D eigenvalue weighted by Crippen LogP contribution is 2.32. The molecule has 1 saturated heterocycles. The number of nitriles is 1. The fraction of sp³-hybridized carbons (Fsp3) is 0.333. The molecule has 0 atom stereocenters. The predicted molar refractivity (Wildman–Crippen MR) is 83.4 cm³/mol. The highest BCUT2D eigenvalue weighted by Gasteiger charge is 2.25. The molecule has 2 heterocycles. The molecule has 21 heavy (non-hydrogen) atoms. The molecule has 0 saturated carbocycles. The Morgan fingerprint density at radius 2 is 1.95 bits per heavy atom. The van der Waals surface area contributed by atoms with E-state index in [-0.39, 0.29) is 0 Å². The van der Waals surface area contributed by atoms with Gasteiger partial charge >= 0.3 is 0 Å². The monoisotopic (exact) mass is 301 g/mol. The van der Waals surface area contributed by atoms with E-state index in [1.165, 1.54) is 5.69 Å². The Morgan fingerprint density at radius 1 is 1.29 bits per heavy atom. The van der Waals surface area contributed by atoms with Crippen molar-refractivity contribution in [2.75, 3.05) is 23.7 Å². The molecule has 6 heteroatoms. The topological polar surface area (TPSA) is 81.7 Å². The number of rotatable bonds is 2. The molecular weight excluding hydrogens is 286 g/mol. The minimum Gasteiger partial charge on any atom is -0.381 e. The molecule has 0 spiro atoms. The number of nitrogens with two attached hydrogens (primary N) is 1. The number of H-pyrrole nitrogens is 1. The number of aromatic amines is 1. The van der Waals surface area contributed by atoms with Gasteiger partial charge in [-0.15, -0.1) is 0 Å². The fourth-order valence-corrected chi connectivity index (χ4v) is 2.99. The van der Waals surface area contributed by atoms with Crippen LogP contribution in [0.5, 0.6) is 0 Å². The van der Waals surface area contributed by atoms with Crippen molar-refractivity contribution in [2.24, 2.45) is 0 Å². The minimum absolute atomic E-state index is 0.299. The van der Waals surface area contributed by atoms with E-state index in [1.807, 2.05) is 24.3 Å². The lowest BCUT2D eigenvalue weighted by Gasteiger charge is -2.33. The lowest BCUT2D eigenvalue weighted by Crippen LogP contribution is -2.33. The van der Waals surface area contributed by atoms with Crippen molar-refractivity contribution in [3.63, 3.8) is 0 Å². The molecule has 108 valence electrons. The standard InChI is InChI=1S/C15H16ClN5/c16-11-1-3-12(4-2-11)21-7-5-10(6-8-21)14-13(9-17)15(18)20-19-14/h1-4,10H,5-8H2,(H3,18,19,20). The average molecular weight is 302 g/mol. The summed E-state index contributed by atoms with van der Waals surface area (Å²) in [5.74, 6) is 0.612. The summed E-state index contributed by atoms with van der Waals surface area (Å²) in [6.07, 6.45) is 1.94. The van der Waals surface area contributed by atoms with Crippen molar-refractivity contribution in [2.45, 2.75) is 18.8 Å². The van der Waals surface area contributed by atoms with Crippen LogP contribution in [-0.2, 0) is 0 Å². The number of halogens is 1. The van der Waals surface area contributed by atoms with E-state index in [4.69, 9.17) is 22.6 Å². The molecule has 2 aromatic rings. The van der Waals surface area contributed by atoms with Crippen LogP contribution in [0.4, 0.5) is 11.5 Å². The summed E-state index contributed by atoms with van der Waals surface area (Å²) in [6.45, 7) is 1.88. The van der Waals surface area contributed by atoms with Gasteiger partial charge in [-0.3, -0.25) is 5.10 Å². The minimum atomic E-state index is 0.299. The van der Waals surface area contributed by atoms with Crippen LogP contribution >= 0.6 is 11.6 Å². The van der Waals surface area contributed by atoms with E-state index in [0.29, 0.717) is 17.3 Å². The van der Waals surface area contributed by atoms with Gasteiger partial charge in [-0.05, 0) is 37.1 Å². The van der Waals surface area contributed by atoms with Crippen molar-refractivity contribution in [1.82, 2.24) is 10.2 Å². The molecule has 1 aromatic carbocycles. The van der Waals surface area contributed by atoms with Gasteiger partial charge in [0, 0.05) is 29.7 Å². The highest BCUT2D eigenvalue weighted by molar-refractivity contribution is 6.30. The van der Waals surface area contributed by atoms with Gasteiger partial charge in [0.05, 0.1) is 5.69 Å². The van der Waals surface area contributed by atoms with E-state index in [9.17, 15) is 0 Å². The molecule has 0 aliphatic carbocycles. The van der Waals surface area contributed by atoms with Crippen LogP contribution in [0.15, 0.2) is 24.3 Å². The molecule has 1 aliphatic heterocycles. The second-order valence-corrected chi connectivity index (χ2v) is 5.68. The molecule has 1 aliphatic rings. The largest absolute Gasteiger partial charge is 0.381 e. The van der Waals surface area contributed by atoms with E-state index >= 15 is 0 Å². The zero-order valence-corrected chi connectivity index (χ0v) is 12.3. The third-order valence-electron chi connectivity index (χ3n) is 4.03. The van der Waals surface area contributed by atoms with Gasteiger partial charge in [0.1, 0.15) is 11.6 Å². The van der Waals surface area contributed by atoms with Crippen molar-refractivity contribution < 1.29 is 0 Å². The smallest absolute Gasteiger partial charge is 0.163 e. The molecule has 0 bridgehead atoms. The first kappa shape index (κ1) is 13.8. The Kier molecular flexibility index (Phi) is 3.72. The van der Waals surface area contributed by atoms with Gasteiger partial charge in [-0.2, -0.15) is 10.4 Å². The number of hydrogen-bond acceptors (Lipinski definition) is 4. The molecule has 1 aromatic heterocycles. The third-order valence-corrected chi connectivity index (χ3v) is 4.28. The van der Waals surface area contributed by atoms with Gasteiger partial charge in [0.2, 0.25) is 0 Å². The lowest BCUT2D eigenvalue weighted by atomic mass is 9.91. The van der Waals surface area contributed by atoms with E-state index < -0.39 is 0 Å². The normalized spacial score (nSPS) is 15.9. The number of hydrogen-bond donors (Lipinski definition) is 2. The van der Waals surface area contributed by atoms with Gasteiger partial charge < -0.3 is 10.6 Å². The molecule has 0 amide bonds. The summed E-state index contributed by atoms with van der Waals surface area (Å²) in [7, 11) is 0. The first-order chi connectivity index (χ1) is 10.2. The number of benzene rings is 1. The van der Waals surface area contributed by atoms with Crippen LogP contribution in [0.2, 0.25) is 5.02 Å². The van der Waals surface area contributed by atoms with E-state index in [1.54, 1.807) is 0 Å². The van der Waals surface area contributed by atoms with Crippen LogP contribution in [-0.4, -0.2) is 23.3 Å². The first-order valence-corrected chi connectivity index (χ1v) is 7.31. The Balaban J connectivity index is 1.70. The highest BCUT2D eigenvalue weighted by atomic mass is 35.5. The van der Waals surface area contributed by atoms with Crippen LogP contribution in [0.1, 0.15) is 30.0 Å². The van der Waals surface area contributed by atoms with Gasteiger partial charge in [-0.25, -0.2) is 0 Å². The van der Waals surface area contributed by atoms with E-state index in [2.05, 4.69) is 21.2 Å². The maximum Gasteiger partial charge on any atom is 0.163 e. The Bertz CT molecular complexity index is 662. The molecular formula is C15H16ClN5. The molecule has 5 nitrogen and oxygen atoms in total. The van der Waals surface area contributed by atoms with Crippen LogP contribution in [0.3, 0.4) is 0 Å². The van der Waals surface area contributed by atoms with Crippen molar-refractivity contribution in [3.05, 3.63) is 40.5 Å². The fourth-order valence-electron chi connectivity index (χ4n) is 2.86. The molecule has 0 unspecified atom stereocenters. The lowest BCUT2D eigenvalue weighted by molar-refractivity contribution is 0.495. The van der Waals surface area contributed by atoms with Crippen molar-refractivity contribution in [3.8, 4) is 6.07 Å². The second-order valence-electron chi connectivity index (χ2n) is 5.25. The van der Waals surface area contributed by atoms with Crippen LogP contribution in [0, 0.1) is 11.3 Å². The van der Waals surface area contributed by atoms with Gasteiger partial charge in [-0.1, -0.05) is 11.6 Å². The van der Waals surface area contributed by atoms with Crippen molar-refractivity contribution >= 4 is 23.1 Å². The zero-order valence-electron chi connectivity index (χ0n) is 11.5. The third kappa shape index (κ3) is 2.67. The summed E-state index contributed by atoms with van der Waals surface area (Å²) >= 11 is 5.92. The maximum atomic E-state index is 9.16. The summed E-state index contributed by atoms with van der Waals surface area (Å²) in [5.41, 5.74) is 8.27. The van der Waals surface area contributed by atoms with Crippen LogP contribution in [0.25, 0.3) is 0 Å².